The van der Waals surface area contributed by atoms with Crippen LogP contribution in [-0.4, -0.2) is 28.8 Å². The molecule has 0 aliphatic carbocycles. The Kier molecular flexibility index (Phi) is 4.47. The molecule has 6 heteroatoms. The largest absolute Gasteiger partial charge is 0.496 e. The average molecular weight is 324 g/mol. The number of nitrogens with two attached hydrogens (primary N) is 1. The van der Waals surface area contributed by atoms with Gasteiger partial charge in [0.05, 0.1) is 25.5 Å². The van der Waals surface area contributed by atoms with Crippen molar-refractivity contribution in [2.75, 3.05) is 13.7 Å². The highest BCUT2D eigenvalue weighted by molar-refractivity contribution is 9.10. The summed E-state index contributed by atoms with van der Waals surface area (Å²) in [5.74, 6) is 1.12. The minimum atomic E-state index is -0.585. The van der Waals surface area contributed by atoms with Crippen LogP contribution in [0.3, 0.4) is 0 Å². The van der Waals surface area contributed by atoms with Gasteiger partial charge in [-0.15, -0.1) is 0 Å². The molecule has 0 aliphatic heterocycles. The fraction of sp³-hybridized carbons (Fsp3) is 0.231. The molecule has 5 nitrogen and oxygen atoms in total. The quantitative estimate of drug-likeness (QED) is 0.898. The van der Waals surface area contributed by atoms with Crippen molar-refractivity contribution in [1.29, 1.82) is 0 Å². The SMILES string of the molecule is COc1ccc(Br)cc1-c1ccnc(C(N)CO)n1. The van der Waals surface area contributed by atoms with E-state index in [2.05, 4.69) is 25.9 Å². The van der Waals surface area contributed by atoms with Crippen molar-refractivity contribution in [2.45, 2.75) is 6.04 Å². The lowest BCUT2D eigenvalue weighted by Gasteiger charge is -2.11. The van der Waals surface area contributed by atoms with Crippen LogP contribution in [0.1, 0.15) is 11.9 Å². The normalized spacial score (nSPS) is 12.2. The molecule has 3 N–H and O–H groups in total. The predicted octanol–water partition coefficient (Wildman–Crippen LogP) is 1.91. The fourth-order valence-corrected chi connectivity index (χ4v) is 2.03. The Bertz CT molecular complexity index is 578. The molecule has 1 atom stereocenters. The second-order valence-corrected chi connectivity index (χ2v) is 4.85. The summed E-state index contributed by atoms with van der Waals surface area (Å²) in [6.07, 6.45) is 1.62. The summed E-state index contributed by atoms with van der Waals surface area (Å²) in [4.78, 5) is 8.43. The zero-order chi connectivity index (χ0) is 13.8. The highest BCUT2D eigenvalue weighted by Crippen LogP contribution is 2.31. The molecule has 100 valence electrons. The van der Waals surface area contributed by atoms with E-state index >= 15 is 0 Å². The van der Waals surface area contributed by atoms with Gasteiger partial charge in [-0.3, -0.25) is 0 Å². The zero-order valence-electron chi connectivity index (χ0n) is 10.4. The van der Waals surface area contributed by atoms with Gasteiger partial charge in [-0.1, -0.05) is 15.9 Å². The molecule has 19 heavy (non-hydrogen) atoms. The lowest BCUT2D eigenvalue weighted by atomic mass is 10.1. The first-order valence-corrected chi connectivity index (χ1v) is 6.48. The van der Waals surface area contributed by atoms with Crippen molar-refractivity contribution in [2.24, 2.45) is 5.73 Å². The lowest BCUT2D eigenvalue weighted by Crippen LogP contribution is -2.17. The summed E-state index contributed by atoms with van der Waals surface area (Å²) in [5, 5.41) is 9.06. The van der Waals surface area contributed by atoms with Gasteiger partial charge < -0.3 is 15.6 Å². The van der Waals surface area contributed by atoms with Crippen LogP contribution in [0.15, 0.2) is 34.9 Å². The number of methoxy groups -OCH3 is 1. The molecule has 0 amide bonds. The van der Waals surface area contributed by atoms with E-state index < -0.39 is 6.04 Å². The minimum absolute atomic E-state index is 0.195. The van der Waals surface area contributed by atoms with Gasteiger partial charge in [0.15, 0.2) is 0 Å². The van der Waals surface area contributed by atoms with Crippen molar-refractivity contribution in [1.82, 2.24) is 9.97 Å². The molecule has 2 rings (SSSR count). The number of benzene rings is 1. The van der Waals surface area contributed by atoms with E-state index in [9.17, 15) is 0 Å². The van der Waals surface area contributed by atoms with E-state index in [1.165, 1.54) is 0 Å². The van der Waals surface area contributed by atoms with E-state index in [1.54, 1.807) is 19.4 Å². The monoisotopic (exact) mass is 323 g/mol. The van der Waals surface area contributed by atoms with Crippen molar-refractivity contribution in [3.05, 3.63) is 40.8 Å². The van der Waals surface area contributed by atoms with Crippen molar-refractivity contribution in [3.8, 4) is 17.0 Å². The minimum Gasteiger partial charge on any atom is -0.496 e. The van der Waals surface area contributed by atoms with Crippen molar-refractivity contribution >= 4 is 15.9 Å². The van der Waals surface area contributed by atoms with E-state index in [0.717, 1.165) is 10.0 Å². The Morgan fingerprint density at radius 1 is 1.42 bits per heavy atom. The van der Waals surface area contributed by atoms with Gasteiger partial charge in [-0.25, -0.2) is 9.97 Å². The summed E-state index contributed by atoms with van der Waals surface area (Å²) in [6, 6.07) is 6.85. The van der Waals surface area contributed by atoms with Crippen LogP contribution in [0.4, 0.5) is 0 Å². The van der Waals surface area contributed by atoms with Crippen LogP contribution in [0.5, 0.6) is 5.75 Å². The van der Waals surface area contributed by atoms with Crippen LogP contribution in [0.25, 0.3) is 11.3 Å². The van der Waals surface area contributed by atoms with Gasteiger partial charge in [0.2, 0.25) is 0 Å². The lowest BCUT2D eigenvalue weighted by molar-refractivity contribution is 0.263. The summed E-state index contributed by atoms with van der Waals surface area (Å²) >= 11 is 3.42. The second kappa shape index (κ2) is 6.10. The number of aromatic nitrogens is 2. The van der Waals surface area contributed by atoms with Gasteiger partial charge in [-0.05, 0) is 24.3 Å². The molecule has 0 bridgehead atoms. The highest BCUT2D eigenvalue weighted by atomic mass is 79.9. The van der Waals surface area contributed by atoms with Crippen molar-refractivity contribution in [3.63, 3.8) is 0 Å². The number of nitrogens with zero attached hydrogens (tertiary/aromatic N) is 2. The Balaban J connectivity index is 2.49. The van der Waals surface area contributed by atoms with Crippen LogP contribution in [0, 0.1) is 0 Å². The van der Waals surface area contributed by atoms with Crippen molar-refractivity contribution < 1.29 is 9.84 Å². The van der Waals surface area contributed by atoms with Gasteiger partial charge in [0.1, 0.15) is 11.6 Å². The number of ether oxygens (including phenoxy) is 1. The average Bonchev–Trinajstić information content (AvgIpc) is 2.46. The molecule has 0 saturated carbocycles. The Morgan fingerprint density at radius 3 is 2.89 bits per heavy atom. The third-order valence-electron chi connectivity index (χ3n) is 2.64. The number of rotatable bonds is 4. The maximum atomic E-state index is 9.06. The molecule has 1 unspecified atom stereocenters. The molecule has 1 aromatic heterocycles. The maximum Gasteiger partial charge on any atom is 0.147 e. The van der Waals surface area contributed by atoms with Gasteiger partial charge in [0, 0.05) is 16.2 Å². The summed E-state index contributed by atoms with van der Waals surface area (Å²) < 4.78 is 6.25. The van der Waals surface area contributed by atoms with E-state index in [4.69, 9.17) is 15.6 Å². The number of halogens is 1. The zero-order valence-corrected chi connectivity index (χ0v) is 12.0. The number of aliphatic hydroxyl groups excluding tert-OH is 1. The summed E-state index contributed by atoms with van der Waals surface area (Å²) in [7, 11) is 1.61. The van der Waals surface area contributed by atoms with Crippen LogP contribution < -0.4 is 10.5 Å². The molecular formula is C13H14BrN3O2. The summed E-state index contributed by atoms with van der Waals surface area (Å²) in [6.45, 7) is -0.195. The molecule has 0 radical (unpaired) electrons. The predicted molar refractivity (Wildman–Crippen MR) is 75.7 cm³/mol. The molecule has 0 aliphatic rings. The first kappa shape index (κ1) is 13.9. The van der Waals surface area contributed by atoms with Gasteiger partial charge in [-0.2, -0.15) is 0 Å². The summed E-state index contributed by atoms with van der Waals surface area (Å²) in [5.41, 5.74) is 7.27. The molecule has 1 aromatic carbocycles. The maximum absolute atomic E-state index is 9.06. The Morgan fingerprint density at radius 2 is 2.21 bits per heavy atom. The Hall–Kier alpha value is -1.50. The standard InChI is InChI=1S/C13H14BrN3O2/c1-19-12-3-2-8(14)6-9(12)11-4-5-16-13(17-11)10(15)7-18/h2-6,10,18H,7,15H2,1H3. The first-order chi connectivity index (χ1) is 9.15. The third kappa shape index (κ3) is 3.09. The topological polar surface area (TPSA) is 81.3 Å². The molecule has 1 heterocycles. The van der Waals surface area contributed by atoms with Gasteiger partial charge >= 0.3 is 0 Å². The smallest absolute Gasteiger partial charge is 0.147 e. The van der Waals surface area contributed by atoms with Crippen LogP contribution in [0.2, 0.25) is 0 Å². The second-order valence-electron chi connectivity index (χ2n) is 3.93. The highest BCUT2D eigenvalue weighted by Gasteiger charge is 2.12. The van der Waals surface area contributed by atoms with Gasteiger partial charge in [0.25, 0.3) is 0 Å². The third-order valence-corrected chi connectivity index (χ3v) is 3.13. The molecule has 2 aromatic rings. The molecular weight excluding hydrogens is 310 g/mol. The van der Waals surface area contributed by atoms with E-state index in [0.29, 0.717) is 17.3 Å². The fourth-order valence-electron chi connectivity index (χ4n) is 1.66. The van der Waals surface area contributed by atoms with E-state index in [1.807, 2.05) is 18.2 Å². The molecule has 0 spiro atoms. The molecule has 0 saturated heterocycles. The van der Waals surface area contributed by atoms with Crippen LogP contribution in [-0.2, 0) is 0 Å². The van der Waals surface area contributed by atoms with E-state index in [-0.39, 0.29) is 6.61 Å². The number of aliphatic hydroxyl groups is 1. The molecule has 0 fully saturated rings. The Labute approximate surface area is 119 Å². The number of hydrogen-bond acceptors (Lipinski definition) is 5. The van der Waals surface area contributed by atoms with Crippen LogP contribution >= 0.6 is 15.9 Å². The first-order valence-electron chi connectivity index (χ1n) is 5.69. The number of hydrogen-bond donors (Lipinski definition) is 2.